The van der Waals surface area contributed by atoms with E-state index in [0.29, 0.717) is 6.61 Å². The first-order valence-corrected chi connectivity index (χ1v) is 6.80. The number of aliphatic carboxylic acids is 1. The number of ether oxygens (including phenoxy) is 2. The lowest BCUT2D eigenvalue weighted by Gasteiger charge is -2.09. The number of carboxylic acids is 1. The number of benzene rings is 1. The molecular formula is C15H16O7. The first-order chi connectivity index (χ1) is 10.5. The van der Waals surface area contributed by atoms with E-state index in [2.05, 4.69) is 0 Å². The second-order valence-electron chi connectivity index (χ2n) is 4.61. The highest BCUT2D eigenvalue weighted by Gasteiger charge is 2.16. The predicted molar refractivity (Wildman–Crippen MR) is 77.7 cm³/mol. The van der Waals surface area contributed by atoms with Gasteiger partial charge in [-0.15, -0.1) is 0 Å². The van der Waals surface area contributed by atoms with Crippen molar-refractivity contribution in [2.24, 2.45) is 0 Å². The lowest BCUT2D eigenvalue weighted by atomic mass is 10.2. The topological polar surface area (TPSA) is 106 Å². The van der Waals surface area contributed by atoms with E-state index >= 15 is 0 Å². The van der Waals surface area contributed by atoms with Crippen LogP contribution in [-0.4, -0.2) is 29.4 Å². The van der Waals surface area contributed by atoms with Gasteiger partial charge in [-0.2, -0.15) is 0 Å². The fraction of sp³-hybridized carbons (Fsp3) is 0.333. The molecule has 1 heterocycles. The summed E-state index contributed by atoms with van der Waals surface area (Å²) in [6.45, 7) is 1.77. The van der Waals surface area contributed by atoms with E-state index in [1.165, 1.54) is 18.2 Å². The van der Waals surface area contributed by atoms with Gasteiger partial charge in [0, 0.05) is 6.07 Å². The van der Waals surface area contributed by atoms with E-state index in [4.69, 9.17) is 19.0 Å². The smallest absolute Gasteiger partial charge is 0.383 e. The zero-order valence-corrected chi connectivity index (χ0v) is 12.0. The second-order valence-corrected chi connectivity index (χ2v) is 4.61. The molecule has 0 unspecified atom stereocenters. The number of hydrogen-bond acceptors (Lipinski definition) is 6. The quantitative estimate of drug-likeness (QED) is 0.596. The van der Waals surface area contributed by atoms with Crippen LogP contribution in [-0.2, 0) is 4.79 Å². The normalized spacial score (nSPS) is 10.6. The Hall–Kier alpha value is -2.70. The van der Waals surface area contributed by atoms with Gasteiger partial charge in [0.1, 0.15) is 11.3 Å². The summed E-state index contributed by atoms with van der Waals surface area (Å²) in [5.41, 5.74) is -0.704. The number of aromatic hydroxyl groups is 1. The van der Waals surface area contributed by atoms with Crippen LogP contribution in [0.25, 0.3) is 11.0 Å². The molecule has 1 aromatic heterocycles. The Bertz CT molecular complexity index is 732. The molecule has 22 heavy (non-hydrogen) atoms. The molecule has 0 amide bonds. The number of unbranched alkanes of at least 4 members (excludes halogenated alkanes) is 1. The van der Waals surface area contributed by atoms with Crippen LogP contribution in [0, 0.1) is 0 Å². The number of carboxylic acid groups (broad SMARTS) is 1. The zero-order valence-electron chi connectivity index (χ0n) is 12.0. The molecular weight excluding hydrogens is 292 g/mol. The highest BCUT2D eigenvalue weighted by atomic mass is 16.5. The van der Waals surface area contributed by atoms with Crippen molar-refractivity contribution in [3.8, 4) is 17.2 Å². The maximum absolute atomic E-state index is 11.8. The Morgan fingerprint density at radius 2 is 2.09 bits per heavy atom. The number of rotatable bonds is 7. The summed E-state index contributed by atoms with van der Waals surface area (Å²) in [4.78, 5) is 22.3. The van der Waals surface area contributed by atoms with E-state index < -0.39 is 18.2 Å². The van der Waals surface area contributed by atoms with Crippen molar-refractivity contribution in [2.75, 3.05) is 13.2 Å². The van der Waals surface area contributed by atoms with E-state index in [1.54, 1.807) is 0 Å². The summed E-state index contributed by atoms with van der Waals surface area (Å²) in [6, 6.07) is 4.29. The predicted octanol–water partition coefficient (Wildman–Crippen LogP) is 2.14. The first kappa shape index (κ1) is 15.7. The Labute approximate surface area is 125 Å². The highest BCUT2D eigenvalue weighted by molar-refractivity contribution is 5.86. The van der Waals surface area contributed by atoms with E-state index in [1.807, 2.05) is 6.92 Å². The summed E-state index contributed by atoms with van der Waals surface area (Å²) in [5, 5.41) is 19.0. The molecule has 0 saturated heterocycles. The lowest BCUT2D eigenvalue weighted by Crippen LogP contribution is -2.10. The molecule has 0 spiro atoms. The van der Waals surface area contributed by atoms with Crippen LogP contribution >= 0.6 is 0 Å². The van der Waals surface area contributed by atoms with Gasteiger partial charge in [-0.25, -0.2) is 9.59 Å². The maximum atomic E-state index is 11.8. The van der Waals surface area contributed by atoms with Gasteiger partial charge in [0.15, 0.2) is 12.4 Å². The summed E-state index contributed by atoms with van der Waals surface area (Å²) >= 11 is 0. The average molecular weight is 308 g/mol. The maximum Gasteiger partial charge on any atom is 0.383 e. The molecule has 0 saturated carbocycles. The van der Waals surface area contributed by atoms with Crippen LogP contribution in [0.2, 0.25) is 0 Å². The Morgan fingerprint density at radius 1 is 1.32 bits per heavy atom. The summed E-state index contributed by atoms with van der Waals surface area (Å²) < 4.78 is 15.3. The molecule has 0 fully saturated rings. The molecule has 0 bridgehead atoms. The fourth-order valence-corrected chi connectivity index (χ4v) is 1.83. The molecule has 0 radical (unpaired) electrons. The summed E-state index contributed by atoms with van der Waals surface area (Å²) in [6.07, 6.45) is 1.64. The van der Waals surface area contributed by atoms with E-state index in [0.717, 1.165) is 12.8 Å². The van der Waals surface area contributed by atoms with Crippen LogP contribution < -0.4 is 15.1 Å². The van der Waals surface area contributed by atoms with E-state index in [-0.39, 0.29) is 28.2 Å². The van der Waals surface area contributed by atoms with Crippen LogP contribution in [0.1, 0.15) is 19.8 Å². The van der Waals surface area contributed by atoms with Crippen LogP contribution in [0.5, 0.6) is 17.2 Å². The van der Waals surface area contributed by atoms with Gasteiger partial charge in [0.2, 0.25) is 5.75 Å². The molecule has 7 heteroatoms. The van der Waals surface area contributed by atoms with Gasteiger partial charge in [-0.3, -0.25) is 0 Å². The molecule has 0 aliphatic carbocycles. The monoisotopic (exact) mass is 308 g/mol. The highest BCUT2D eigenvalue weighted by Crippen LogP contribution is 2.33. The Kier molecular flexibility index (Phi) is 4.88. The van der Waals surface area contributed by atoms with Gasteiger partial charge in [-0.1, -0.05) is 13.3 Å². The largest absolute Gasteiger partial charge is 0.504 e. The van der Waals surface area contributed by atoms with Crippen molar-refractivity contribution in [1.29, 1.82) is 0 Å². The van der Waals surface area contributed by atoms with Crippen molar-refractivity contribution in [3.05, 3.63) is 28.6 Å². The third-order valence-corrected chi connectivity index (χ3v) is 2.92. The van der Waals surface area contributed by atoms with Crippen molar-refractivity contribution >= 4 is 16.9 Å². The van der Waals surface area contributed by atoms with Crippen LogP contribution in [0.4, 0.5) is 0 Å². The van der Waals surface area contributed by atoms with Gasteiger partial charge < -0.3 is 24.1 Å². The molecule has 1 aromatic carbocycles. The molecule has 0 aliphatic rings. The summed E-state index contributed by atoms with van der Waals surface area (Å²) in [7, 11) is 0. The number of fused-ring (bicyclic) bond motifs is 1. The molecule has 2 aromatic rings. The van der Waals surface area contributed by atoms with Crippen molar-refractivity contribution < 1.29 is 28.9 Å². The third-order valence-electron chi connectivity index (χ3n) is 2.92. The van der Waals surface area contributed by atoms with Gasteiger partial charge in [-0.05, 0) is 18.6 Å². The van der Waals surface area contributed by atoms with Gasteiger partial charge in [0.25, 0.3) is 0 Å². The molecule has 0 atom stereocenters. The molecule has 2 rings (SSSR count). The van der Waals surface area contributed by atoms with E-state index in [9.17, 15) is 14.7 Å². The fourth-order valence-electron chi connectivity index (χ4n) is 1.83. The van der Waals surface area contributed by atoms with Crippen molar-refractivity contribution in [1.82, 2.24) is 0 Å². The Morgan fingerprint density at radius 3 is 2.77 bits per heavy atom. The molecule has 7 nitrogen and oxygen atoms in total. The zero-order chi connectivity index (χ0) is 16.1. The molecule has 0 aliphatic heterocycles. The lowest BCUT2D eigenvalue weighted by molar-refractivity contribution is -0.139. The standard InChI is InChI=1S/C15H16O7/c1-2-3-6-20-14-13(18)10-5-4-9(21-8-12(16)17)7-11(10)22-15(14)19/h4-5,7,18H,2-3,6,8H2,1H3,(H,16,17). The first-order valence-electron chi connectivity index (χ1n) is 6.80. The number of carbonyl (C=O) groups is 1. The third kappa shape index (κ3) is 3.49. The van der Waals surface area contributed by atoms with Crippen molar-refractivity contribution in [3.63, 3.8) is 0 Å². The minimum atomic E-state index is -1.12. The number of hydrogen-bond donors (Lipinski definition) is 2. The summed E-state index contributed by atoms with van der Waals surface area (Å²) in [5.74, 6) is -1.42. The second kappa shape index (κ2) is 6.84. The van der Waals surface area contributed by atoms with Gasteiger partial charge in [0.05, 0.1) is 12.0 Å². The average Bonchev–Trinajstić information content (AvgIpc) is 2.48. The van der Waals surface area contributed by atoms with Crippen LogP contribution in [0.15, 0.2) is 27.4 Å². The van der Waals surface area contributed by atoms with Crippen molar-refractivity contribution in [2.45, 2.75) is 19.8 Å². The molecule has 2 N–H and O–H groups in total. The van der Waals surface area contributed by atoms with Gasteiger partial charge >= 0.3 is 11.6 Å². The minimum absolute atomic E-state index is 0.0910. The van der Waals surface area contributed by atoms with Crippen LogP contribution in [0.3, 0.4) is 0 Å². The molecule has 118 valence electrons. The SMILES string of the molecule is CCCCOc1c(O)c2ccc(OCC(=O)O)cc2oc1=O. The Balaban J connectivity index is 2.34. The minimum Gasteiger partial charge on any atom is -0.504 e.